The van der Waals surface area contributed by atoms with Gasteiger partial charge in [0.1, 0.15) is 6.67 Å². The molecule has 0 bridgehead atoms. The van der Waals surface area contributed by atoms with E-state index < -0.39 is 0 Å². The topological polar surface area (TPSA) is 43.8 Å². The zero-order chi connectivity index (χ0) is 8.60. The summed E-state index contributed by atoms with van der Waals surface area (Å²) in [5.74, 6) is 0. The van der Waals surface area contributed by atoms with Gasteiger partial charge in [0.2, 0.25) is 0 Å². The van der Waals surface area contributed by atoms with Crippen LogP contribution in [0, 0.1) is 0 Å². The maximum atomic E-state index is 12.0. The summed E-state index contributed by atoms with van der Waals surface area (Å²) in [6, 6.07) is 1.88. The number of aromatic nitrogens is 2. The van der Waals surface area contributed by atoms with Gasteiger partial charge >= 0.3 is 0 Å². The number of rotatable bonds is 3. The van der Waals surface area contributed by atoms with Crippen molar-refractivity contribution in [3.63, 3.8) is 0 Å². The molecular formula is C8H12FN3. The van der Waals surface area contributed by atoms with Crippen LogP contribution in [0.3, 0.4) is 0 Å². The summed E-state index contributed by atoms with van der Waals surface area (Å²) in [6.07, 6.45) is 3.66. The predicted molar refractivity (Wildman–Crippen MR) is 43.3 cm³/mol. The fraction of sp³-hybridized carbons (Fsp3) is 0.625. The highest BCUT2D eigenvalue weighted by Crippen LogP contribution is 2.42. The highest BCUT2D eigenvalue weighted by atomic mass is 19.1. The summed E-state index contributed by atoms with van der Waals surface area (Å²) in [7, 11) is 0. The molecule has 3 nitrogen and oxygen atoms in total. The molecule has 1 saturated carbocycles. The lowest BCUT2D eigenvalue weighted by molar-refractivity contribution is 0.412. The van der Waals surface area contributed by atoms with Crippen molar-refractivity contribution in [2.45, 2.75) is 24.9 Å². The number of alkyl halides is 1. The van der Waals surface area contributed by atoms with E-state index in [1.807, 2.05) is 6.07 Å². The van der Waals surface area contributed by atoms with E-state index in [0.29, 0.717) is 6.54 Å². The number of hydrogen-bond donors (Lipinski definition) is 1. The van der Waals surface area contributed by atoms with Gasteiger partial charge in [0.25, 0.3) is 0 Å². The van der Waals surface area contributed by atoms with E-state index >= 15 is 0 Å². The summed E-state index contributed by atoms with van der Waals surface area (Å²) in [5, 5.41) is 4.01. The first-order valence-electron chi connectivity index (χ1n) is 4.13. The number of nitrogens with zero attached hydrogens (tertiary/aromatic N) is 2. The summed E-state index contributed by atoms with van der Waals surface area (Å²) in [4.78, 5) is 0. The van der Waals surface area contributed by atoms with Gasteiger partial charge in [-0.2, -0.15) is 5.10 Å². The molecule has 66 valence electrons. The minimum Gasteiger partial charge on any atom is -0.320 e. The average molecular weight is 169 g/mol. The Morgan fingerprint density at radius 3 is 3.00 bits per heavy atom. The van der Waals surface area contributed by atoms with Crippen molar-refractivity contribution in [3.05, 3.63) is 18.0 Å². The molecule has 0 atom stereocenters. The van der Waals surface area contributed by atoms with Crippen LogP contribution in [0.2, 0.25) is 0 Å². The van der Waals surface area contributed by atoms with Crippen LogP contribution in [-0.4, -0.2) is 16.5 Å². The molecule has 0 unspecified atom stereocenters. The second-order valence-corrected chi connectivity index (χ2v) is 3.28. The molecule has 0 saturated heterocycles. The molecule has 1 aliphatic carbocycles. The fourth-order valence-electron chi connectivity index (χ4n) is 1.40. The number of halogens is 1. The van der Waals surface area contributed by atoms with Crippen LogP contribution in [0.25, 0.3) is 0 Å². The molecule has 0 aromatic carbocycles. The van der Waals surface area contributed by atoms with Crippen LogP contribution in [0.5, 0.6) is 0 Å². The third kappa shape index (κ3) is 1.12. The molecule has 12 heavy (non-hydrogen) atoms. The van der Waals surface area contributed by atoms with Gasteiger partial charge in [-0.1, -0.05) is 0 Å². The van der Waals surface area contributed by atoms with Crippen molar-refractivity contribution in [2.75, 3.05) is 6.67 Å². The van der Waals surface area contributed by atoms with Gasteiger partial charge in [0.15, 0.2) is 0 Å². The number of nitrogens with two attached hydrogens (primary N) is 1. The smallest absolute Gasteiger partial charge is 0.109 e. The zero-order valence-electron chi connectivity index (χ0n) is 6.83. The Kier molecular flexibility index (Phi) is 1.65. The van der Waals surface area contributed by atoms with Crippen molar-refractivity contribution in [2.24, 2.45) is 5.73 Å². The highest BCUT2D eigenvalue weighted by molar-refractivity contribution is 5.21. The second kappa shape index (κ2) is 2.55. The molecule has 0 spiro atoms. The lowest BCUT2D eigenvalue weighted by Gasteiger charge is -2.10. The van der Waals surface area contributed by atoms with Crippen molar-refractivity contribution >= 4 is 0 Å². The first kappa shape index (κ1) is 7.73. The first-order chi connectivity index (χ1) is 5.76. The predicted octanol–water partition coefficient (Wildman–Crippen LogP) is 0.800. The van der Waals surface area contributed by atoms with Crippen molar-refractivity contribution in [1.29, 1.82) is 0 Å². The van der Waals surface area contributed by atoms with E-state index in [9.17, 15) is 4.39 Å². The van der Waals surface area contributed by atoms with Gasteiger partial charge in [0, 0.05) is 6.20 Å². The fourth-order valence-corrected chi connectivity index (χ4v) is 1.40. The molecule has 1 heterocycles. The molecular weight excluding hydrogens is 157 g/mol. The maximum absolute atomic E-state index is 12.0. The molecule has 0 amide bonds. The quantitative estimate of drug-likeness (QED) is 0.727. The molecule has 0 radical (unpaired) electrons. The molecule has 4 heteroatoms. The van der Waals surface area contributed by atoms with Gasteiger partial charge in [-0.25, -0.2) is 4.39 Å². The van der Waals surface area contributed by atoms with Crippen LogP contribution in [0.15, 0.2) is 12.3 Å². The highest BCUT2D eigenvalue weighted by Gasteiger charge is 2.42. The standard InChI is InChI=1S/C8H12FN3/c9-4-6-12-7(1-5-11-12)8(10)2-3-8/h1,5H,2-4,6,10H2. The van der Waals surface area contributed by atoms with Crippen molar-refractivity contribution < 1.29 is 4.39 Å². The van der Waals surface area contributed by atoms with Crippen molar-refractivity contribution in [1.82, 2.24) is 9.78 Å². The maximum Gasteiger partial charge on any atom is 0.109 e. The molecule has 2 rings (SSSR count). The van der Waals surface area contributed by atoms with E-state index in [2.05, 4.69) is 5.10 Å². The SMILES string of the molecule is NC1(c2ccnn2CCF)CC1. The van der Waals surface area contributed by atoms with E-state index in [1.165, 1.54) is 0 Å². The van der Waals surface area contributed by atoms with Crippen LogP contribution < -0.4 is 5.73 Å². The Bertz CT molecular complexity index is 278. The van der Waals surface area contributed by atoms with Crippen LogP contribution in [0.1, 0.15) is 18.5 Å². The van der Waals surface area contributed by atoms with E-state index in [1.54, 1.807) is 10.9 Å². The van der Waals surface area contributed by atoms with Gasteiger partial charge in [-0.3, -0.25) is 4.68 Å². The van der Waals surface area contributed by atoms with Gasteiger partial charge in [-0.15, -0.1) is 0 Å². The third-order valence-electron chi connectivity index (χ3n) is 2.31. The Balaban J connectivity index is 2.24. The summed E-state index contributed by atoms with van der Waals surface area (Å²) < 4.78 is 13.7. The van der Waals surface area contributed by atoms with Crippen LogP contribution in [0.4, 0.5) is 4.39 Å². The Morgan fingerprint density at radius 2 is 2.42 bits per heavy atom. The second-order valence-electron chi connectivity index (χ2n) is 3.28. The third-order valence-corrected chi connectivity index (χ3v) is 2.31. The van der Waals surface area contributed by atoms with E-state index in [4.69, 9.17) is 5.73 Å². The molecule has 2 N–H and O–H groups in total. The molecule has 1 aliphatic rings. The minimum atomic E-state index is -0.384. The zero-order valence-corrected chi connectivity index (χ0v) is 6.83. The normalized spacial score (nSPS) is 19.5. The van der Waals surface area contributed by atoms with Crippen LogP contribution in [-0.2, 0) is 12.1 Å². The van der Waals surface area contributed by atoms with Gasteiger partial charge in [0.05, 0.1) is 17.8 Å². The lowest BCUT2D eigenvalue weighted by atomic mass is 10.2. The van der Waals surface area contributed by atoms with Gasteiger partial charge in [-0.05, 0) is 18.9 Å². The summed E-state index contributed by atoms with van der Waals surface area (Å²) in [5.41, 5.74) is 6.73. The monoisotopic (exact) mass is 169 g/mol. The van der Waals surface area contributed by atoms with Crippen molar-refractivity contribution in [3.8, 4) is 0 Å². The number of hydrogen-bond acceptors (Lipinski definition) is 2. The number of aryl methyl sites for hydroxylation is 1. The Morgan fingerprint density at radius 1 is 1.67 bits per heavy atom. The Labute approximate surface area is 70.4 Å². The molecule has 1 aromatic rings. The lowest BCUT2D eigenvalue weighted by Crippen LogP contribution is -2.23. The Hall–Kier alpha value is -0.900. The van der Waals surface area contributed by atoms with Crippen LogP contribution >= 0.6 is 0 Å². The largest absolute Gasteiger partial charge is 0.320 e. The van der Waals surface area contributed by atoms with E-state index in [-0.39, 0.29) is 12.2 Å². The summed E-state index contributed by atoms with van der Waals surface area (Å²) in [6.45, 7) is -0.0634. The molecule has 1 fully saturated rings. The van der Waals surface area contributed by atoms with Gasteiger partial charge < -0.3 is 5.73 Å². The summed E-state index contributed by atoms with van der Waals surface area (Å²) >= 11 is 0. The minimum absolute atomic E-state index is 0.203. The average Bonchev–Trinajstić information content (AvgIpc) is 2.64. The van der Waals surface area contributed by atoms with E-state index in [0.717, 1.165) is 18.5 Å². The first-order valence-corrected chi connectivity index (χ1v) is 4.13. The molecule has 1 aromatic heterocycles. The molecule has 0 aliphatic heterocycles.